The fourth-order valence-electron chi connectivity index (χ4n) is 1.31. The van der Waals surface area contributed by atoms with E-state index in [0.717, 1.165) is 30.8 Å². The van der Waals surface area contributed by atoms with Crippen molar-refractivity contribution in [2.24, 2.45) is 5.73 Å². The van der Waals surface area contributed by atoms with Crippen molar-refractivity contribution in [3.8, 4) is 0 Å². The van der Waals surface area contributed by atoms with Crippen LogP contribution in [-0.4, -0.2) is 41.5 Å². The molecule has 1 aromatic heterocycles. The molecule has 0 aromatic carbocycles. The molecule has 84 valence electrons. The lowest BCUT2D eigenvalue weighted by atomic mass is 10.1. The zero-order valence-corrected chi connectivity index (χ0v) is 9.77. The normalized spacial score (nSPS) is 13.1. The van der Waals surface area contributed by atoms with Crippen LogP contribution in [-0.2, 0) is 12.8 Å². The van der Waals surface area contributed by atoms with Crippen molar-refractivity contribution in [2.45, 2.75) is 25.8 Å². The van der Waals surface area contributed by atoms with Crippen molar-refractivity contribution >= 4 is 0 Å². The van der Waals surface area contributed by atoms with Crippen LogP contribution in [0.2, 0.25) is 0 Å². The molecule has 0 bridgehead atoms. The van der Waals surface area contributed by atoms with Gasteiger partial charge in [0.25, 0.3) is 0 Å². The van der Waals surface area contributed by atoms with Gasteiger partial charge in [-0.25, -0.2) is 9.97 Å². The van der Waals surface area contributed by atoms with Crippen molar-refractivity contribution in [1.29, 1.82) is 0 Å². The van der Waals surface area contributed by atoms with Gasteiger partial charge in [-0.3, -0.25) is 0 Å². The van der Waals surface area contributed by atoms with E-state index in [2.05, 4.69) is 14.9 Å². The molecule has 1 atom stereocenters. The number of likely N-dealkylation sites (N-methyl/N-ethyl adjacent to an activating group) is 1. The summed E-state index contributed by atoms with van der Waals surface area (Å²) in [5.41, 5.74) is 6.81. The standard InChI is InChI=1S/C11H20N4/c1-9(12)6-10-7-13-11(14-8-10)4-5-15(2)3/h7-9H,4-6,12H2,1-3H3. The first-order chi connectivity index (χ1) is 7.08. The van der Waals surface area contributed by atoms with E-state index in [4.69, 9.17) is 5.73 Å². The average molecular weight is 208 g/mol. The number of hydrogen-bond acceptors (Lipinski definition) is 4. The number of hydrogen-bond donors (Lipinski definition) is 1. The predicted octanol–water partition coefficient (Wildman–Crippen LogP) is 0.470. The van der Waals surface area contributed by atoms with Gasteiger partial charge >= 0.3 is 0 Å². The highest BCUT2D eigenvalue weighted by Gasteiger charge is 2.01. The number of nitrogens with two attached hydrogens (primary N) is 1. The maximum atomic E-state index is 5.70. The van der Waals surface area contributed by atoms with E-state index in [1.54, 1.807) is 0 Å². The molecule has 0 spiro atoms. The van der Waals surface area contributed by atoms with Crippen LogP contribution in [0.1, 0.15) is 18.3 Å². The van der Waals surface area contributed by atoms with Gasteiger partial charge in [0.15, 0.2) is 0 Å². The molecule has 0 saturated carbocycles. The van der Waals surface area contributed by atoms with E-state index in [9.17, 15) is 0 Å². The van der Waals surface area contributed by atoms with Crippen LogP contribution >= 0.6 is 0 Å². The Morgan fingerprint density at radius 1 is 1.33 bits per heavy atom. The third-order valence-electron chi connectivity index (χ3n) is 2.10. The summed E-state index contributed by atoms with van der Waals surface area (Å²) in [6, 6.07) is 0.168. The van der Waals surface area contributed by atoms with Crippen molar-refractivity contribution in [3.05, 3.63) is 23.8 Å². The lowest BCUT2D eigenvalue weighted by Crippen LogP contribution is -2.19. The Balaban J connectivity index is 2.49. The third kappa shape index (κ3) is 4.85. The van der Waals surface area contributed by atoms with Gasteiger partial charge in [-0.05, 0) is 33.0 Å². The predicted molar refractivity (Wildman–Crippen MR) is 61.6 cm³/mol. The molecule has 0 aliphatic rings. The average Bonchev–Trinajstić information content (AvgIpc) is 2.16. The molecule has 1 heterocycles. The largest absolute Gasteiger partial charge is 0.328 e. The second-order valence-electron chi connectivity index (χ2n) is 4.24. The first-order valence-corrected chi connectivity index (χ1v) is 5.28. The molecule has 2 N–H and O–H groups in total. The van der Waals surface area contributed by atoms with Gasteiger partial charge in [0.2, 0.25) is 0 Å². The van der Waals surface area contributed by atoms with Crippen LogP contribution in [0.25, 0.3) is 0 Å². The maximum absolute atomic E-state index is 5.70. The van der Waals surface area contributed by atoms with Crippen molar-refractivity contribution in [1.82, 2.24) is 14.9 Å². The number of nitrogens with zero attached hydrogens (tertiary/aromatic N) is 3. The van der Waals surface area contributed by atoms with Crippen LogP contribution in [0, 0.1) is 0 Å². The molecule has 0 saturated heterocycles. The van der Waals surface area contributed by atoms with Crippen molar-refractivity contribution in [3.63, 3.8) is 0 Å². The second kappa shape index (κ2) is 5.78. The van der Waals surface area contributed by atoms with Crippen LogP contribution in [0.15, 0.2) is 12.4 Å². The van der Waals surface area contributed by atoms with E-state index >= 15 is 0 Å². The Morgan fingerprint density at radius 2 is 1.93 bits per heavy atom. The molecule has 4 heteroatoms. The van der Waals surface area contributed by atoms with Gasteiger partial charge < -0.3 is 10.6 Å². The van der Waals surface area contributed by atoms with Gasteiger partial charge in [-0.15, -0.1) is 0 Å². The smallest absolute Gasteiger partial charge is 0.129 e. The van der Waals surface area contributed by atoms with E-state index in [0.29, 0.717) is 0 Å². The van der Waals surface area contributed by atoms with Crippen LogP contribution < -0.4 is 5.73 Å². The summed E-state index contributed by atoms with van der Waals surface area (Å²) in [5.74, 6) is 0.900. The molecule has 0 radical (unpaired) electrons. The fourth-order valence-corrected chi connectivity index (χ4v) is 1.31. The van der Waals surface area contributed by atoms with Crippen LogP contribution in [0.4, 0.5) is 0 Å². The number of rotatable bonds is 5. The summed E-state index contributed by atoms with van der Waals surface area (Å²) in [4.78, 5) is 10.7. The van der Waals surface area contributed by atoms with Crippen LogP contribution in [0.3, 0.4) is 0 Å². The molecular formula is C11H20N4. The highest BCUT2D eigenvalue weighted by molar-refractivity contribution is 5.06. The minimum atomic E-state index is 0.168. The zero-order valence-electron chi connectivity index (χ0n) is 9.77. The van der Waals surface area contributed by atoms with E-state index < -0.39 is 0 Å². The Kier molecular flexibility index (Phi) is 4.65. The molecule has 0 aliphatic carbocycles. The molecule has 15 heavy (non-hydrogen) atoms. The van der Waals surface area contributed by atoms with Crippen LogP contribution in [0.5, 0.6) is 0 Å². The number of aromatic nitrogens is 2. The maximum Gasteiger partial charge on any atom is 0.129 e. The Labute approximate surface area is 91.5 Å². The molecule has 1 aromatic rings. The van der Waals surface area contributed by atoms with Gasteiger partial charge in [0.1, 0.15) is 5.82 Å². The summed E-state index contributed by atoms with van der Waals surface area (Å²) in [5, 5.41) is 0. The van der Waals surface area contributed by atoms with E-state index in [1.165, 1.54) is 0 Å². The molecule has 0 aliphatic heterocycles. The summed E-state index contributed by atoms with van der Waals surface area (Å²) >= 11 is 0. The molecule has 0 amide bonds. The molecule has 0 fully saturated rings. The lowest BCUT2D eigenvalue weighted by molar-refractivity contribution is 0.409. The topological polar surface area (TPSA) is 55.0 Å². The summed E-state index contributed by atoms with van der Waals surface area (Å²) in [7, 11) is 4.09. The van der Waals surface area contributed by atoms with Gasteiger partial charge in [-0.2, -0.15) is 0 Å². The monoisotopic (exact) mass is 208 g/mol. The Morgan fingerprint density at radius 3 is 2.40 bits per heavy atom. The third-order valence-corrected chi connectivity index (χ3v) is 2.10. The van der Waals surface area contributed by atoms with Gasteiger partial charge in [0, 0.05) is 31.4 Å². The molecule has 1 rings (SSSR count). The lowest BCUT2D eigenvalue weighted by Gasteiger charge is -2.08. The molecule has 4 nitrogen and oxygen atoms in total. The van der Waals surface area contributed by atoms with E-state index in [-0.39, 0.29) is 6.04 Å². The Hall–Kier alpha value is -1.00. The van der Waals surface area contributed by atoms with Crippen molar-refractivity contribution in [2.75, 3.05) is 20.6 Å². The first-order valence-electron chi connectivity index (χ1n) is 5.28. The summed E-state index contributed by atoms with van der Waals surface area (Å²) < 4.78 is 0. The molecule has 1 unspecified atom stereocenters. The Bertz CT molecular complexity index is 279. The highest BCUT2D eigenvalue weighted by Crippen LogP contribution is 2.00. The minimum Gasteiger partial charge on any atom is -0.328 e. The first kappa shape index (κ1) is 12.1. The molecular weight excluding hydrogens is 188 g/mol. The van der Waals surface area contributed by atoms with E-state index in [1.807, 2.05) is 33.4 Å². The minimum absolute atomic E-state index is 0.168. The highest BCUT2D eigenvalue weighted by atomic mass is 15.1. The second-order valence-corrected chi connectivity index (χ2v) is 4.24. The zero-order chi connectivity index (χ0) is 11.3. The summed E-state index contributed by atoms with van der Waals surface area (Å²) in [6.45, 7) is 2.96. The quantitative estimate of drug-likeness (QED) is 0.764. The fraction of sp³-hybridized carbons (Fsp3) is 0.636. The SMILES string of the molecule is CC(N)Cc1cnc(CCN(C)C)nc1. The van der Waals surface area contributed by atoms with Crippen molar-refractivity contribution < 1.29 is 0 Å². The van der Waals surface area contributed by atoms with Gasteiger partial charge in [-0.1, -0.05) is 0 Å². The summed E-state index contributed by atoms with van der Waals surface area (Å²) in [6.07, 6.45) is 5.49. The van der Waals surface area contributed by atoms with Gasteiger partial charge in [0.05, 0.1) is 0 Å².